The highest BCUT2D eigenvalue weighted by Crippen LogP contribution is 2.28. The van der Waals surface area contributed by atoms with Gasteiger partial charge in [-0.2, -0.15) is 0 Å². The third kappa shape index (κ3) is 5.05. The summed E-state index contributed by atoms with van der Waals surface area (Å²) in [7, 11) is 0. The number of hydrogen-bond acceptors (Lipinski definition) is 4. The molecule has 0 saturated carbocycles. The molecule has 2 heterocycles. The molecule has 0 unspecified atom stereocenters. The lowest BCUT2D eigenvalue weighted by Crippen LogP contribution is -2.48. The van der Waals surface area contributed by atoms with Gasteiger partial charge in [0.05, 0.1) is 18.4 Å². The van der Waals surface area contributed by atoms with Crippen molar-refractivity contribution < 1.29 is 4.79 Å². The van der Waals surface area contributed by atoms with E-state index < -0.39 is 0 Å². The zero-order valence-corrected chi connectivity index (χ0v) is 20.9. The highest BCUT2D eigenvalue weighted by molar-refractivity contribution is 7.71. The number of benzene rings is 2. The van der Waals surface area contributed by atoms with Gasteiger partial charge in [-0.3, -0.25) is 14.3 Å². The first-order valence-electron chi connectivity index (χ1n) is 11.3. The smallest absolute Gasteiger partial charge is 0.234 e. The maximum atomic E-state index is 12.0. The molecule has 0 aliphatic carbocycles. The third-order valence-electron chi connectivity index (χ3n) is 6.19. The van der Waals surface area contributed by atoms with E-state index in [1.165, 1.54) is 5.56 Å². The fraction of sp³-hybridized carbons (Fsp3) is 0.400. The number of nitrogens with zero attached hydrogens (tertiary/aromatic N) is 4. The number of hydrogen-bond donors (Lipinski definition) is 1. The molecule has 0 spiro atoms. The molecule has 0 bridgehead atoms. The van der Waals surface area contributed by atoms with Crippen LogP contribution >= 0.6 is 23.8 Å². The van der Waals surface area contributed by atoms with Crippen LogP contribution in [-0.2, 0) is 16.9 Å². The standard InChI is InChI=1S/C25H30ClN5OS/c1-25(2,3)18-9-7-17(8-10-18)23-28-30(16-29-15-5-4-6-21(29)22(27)32)24(33)31(23)20-13-11-19(26)12-14-20/h7-14,21H,4-6,15-16H2,1-3H3,(H2,27,32)/t21-/m0/s1. The van der Waals surface area contributed by atoms with E-state index in [0.717, 1.165) is 42.9 Å². The Morgan fingerprint density at radius 2 is 1.79 bits per heavy atom. The van der Waals surface area contributed by atoms with E-state index in [4.69, 9.17) is 34.7 Å². The van der Waals surface area contributed by atoms with E-state index in [2.05, 4.69) is 49.9 Å². The molecule has 1 amide bonds. The quantitative estimate of drug-likeness (QED) is 0.499. The molecule has 1 aliphatic rings. The summed E-state index contributed by atoms with van der Waals surface area (Å²) >= 11 is 12.0. The summed E-state index contributed by atoms with van der Waals surface area (Å²) in [4.78, 5) is 14.1. The fourth-order valence-electron chi connectivity index (χ4n) is 4.28. The second-order valence-corrected chi connectivity index (χ2v) is 10.4. The van der Waals surface area contributed by atoms with E-state index >= 15 is 0 Å². The lowest BCUT2D eigenvalue weighted by atomic mass is 9.87. The van der Waals surface area contributed by atoms with Crippen LogP contribution in [0, 0.1) is 4.77 Å². The van der Waals surface area contributed by atoms with Crippen LogP contribution in [0.5, 0.6) is 0 Å². The first kappa shape index (κ1) is 23.7. The molecule has 1 saturated heterocycles. The molecule has 2 N–H and O–H groups in total. The molecular weight excluding hydrogens is 454 g/mol. The Kier molecular flexibility index (Phi) is 6.75. The van der Waals surface area contributed by atoms with E-state index in [0.29, 0.717) is 16.5 Å². The minimum Gasteiger partial charge on any atom is -0.368 e. The van der Waals surface area contributed by atoms with E-state index in [-0.39, 0.29) is 17.4 Å². The average Bonchev–Trinajstić information content (AvgIpc) is 3.10. The number of halogens is 1. The minimum atomic E-state index is -0.296. The zero-order chi connectivity index (χ0) is 23.8. The van der Waals surface area contributed by atoms with Crippen molar-refractivity contribution in [3.8, 4) is 17.1 Å². The van der Waals surface area contributed by atoms with Crippen LogP contribution in [0.15, 0.2) is 48.5 Å². The summed E-state index contributed by atoms with van der Waals surface area (Å²) < 4.78 is 4.31. The largest absolute Gasteiger partial charge is 0.368 e. The summed E-state index contributed by atoms with van der Waals surface area (Å²) in [5.41, 5.74) is 8.84. The molecule has 3 aromatic rings. The van der Waals surface area contributed by atoms with E-state index in [1.807, 2.05) is 28.8 Å². The van der Waals surface area contributed by atoms with Crippen molar-refractivity contribution >= 4 is 29.7 Å². The summed E-state index contributed by atoms with van der Waals surface area (Å²) in [6, 6.07) is 15.7. The maximum Gasteiger partial charge on any atom is 0.234 e. The van der Waals surface area contributed by atoms with Crippen LogP contribution in [0.3, 0.4) is 0 Å². The molecule has 33 heavy (non-hydrogen) atoms. The minimum absolute atomic E-state index is 0.0608. The second kappa shape index (κ2) is 9.41. The van der Waals surface area contributed by atoms with Crippen molar-refractivity contribution in [2.75, 3.05) is 6.54 Å². The first-order valence-corrected chi connectivity index (χ1v) is 12.0. The van der Waals surface area contributed by atoms with Crippen LogP contribution in [0.4, 0.5) is 0 Å². The molecule has 174 valence electrons. The van der Waals surface area contributed by atoms with Crippen molar-refractivity contribution in [3.63, 3.8) is 0 Å². The first-order chi connectivity index (χ1) is 15.6. The van der Waals surface area contributed by atoms with Gasteiger partial charge in [-0.05, 0) is 60.3 Å². The number of aromatic nitrogens is 3. The van der Waals surface area contributed by atoms with Gasteiger partial charge in [-0.1, -0.05) is 63.1 Å². The molecule has 4 rings (SSSR count). The van der Waals surface area contributed by atoms with Gasteiger partial charge in [0, 0.05) is 17.1 Å². The Bertz CT molecular complexity index is 1190. The Labute approximate surface area is 205 Å². The number of carbonyl (C=O) groups is 1. The lowest BCUT2D eigenvalue weighted by Gasteiger charge is -2.33. The number of rotatable bonds is 5. The molecule has 1 atom stereocenters. The molecule has 1 fully saturated rings. The van der Waals surface area contributed by atoms with E-state index in [1.54, 1.807) is 4.68 Å². The van der Waals surface area contributed by atoms with Crippen LogP contribution in [0.25, 0.3) is 17.1 Å². The molecule has 1 aliphatic heterocycles. The predicted octanol–water partition coefficient (Wildman–Crippen LogP) is 5.32. The van der Waals surface area contributed by atoms with Crippen molar-refractivity contribution in [1.82, 2.24) is 19.2 Å². The monoisotopic (exact) mass is 483 g/mol. The van der Waals surface area contributed by atoms with Gasteiger partial charge < -0.3 is 5.73 Å². The fourth-order valence-corrected chi connectivity index (χ4v) is 4.70. The third-order valence-corrected chi connectivity index (χ3v) is 6.84. The molecule has 8 heteroatoms. The van der Waals surface area contributed by atoms with Crippen molar-refractivity contribution in [1.29, 1.82) is 0 Å². The maximum absolute atomic E-state index is 12.0. The van der Waals surface area contributed by atoms with Crippen molar-refractivity contribution in [3.05, 3.63) is 63.9 Å². The Morgan fingerprint density at radius 1 is 1.12 bits per heavy atom. The number of carbonyl (C=O) groups excluding carboxylic acids is 1. The predicted molar refractivity (Wildman–Crippen MR) is 135 cm³/mol. The highest BCUT2D eigenvalue weighted by Gasteiger charge is 2.28. The van der Waals surface area contributed by atoms with Gasteiger partial charge in [-0.25, -0.2) is 4.68 Å². The van der Waals surface area contributed by atoms with Crippen LogP contribution in [0.1, 0.15) is 45.6 Å². The molecule has 0 radical (unpaired) electrons. The molecule has 2 aromatic carbocycles. The number of nitrogens with two attached hydrogens (primary N) is 1. The molecule has 6 nitrogen and oxygen atoms in total. The number of primary amides is 1. The lowest BCUT2D eigenvalue weighted by molar-refractivity contribution is -0.125. The zero-order valence-electron chi connectivity index (χ0n) is 19.3. The Hall–Kier alpha value is -2.48. The number of amides is 1. The van der Waals surface area contributed by atoms with Gasteiger partial charge in [0.15, 0.2) is 5.82 Å². The van der Waals surface area contributed by atoms with E-state index in [9.17, 15) is 4.79 Å². The number of piperidine rings is 1. The Morgan fingerprint density at radius 3 is 2.39 bits per heavy atom. The van der Waals surface area contributed by atoms with Gasteiger partial charge in [0.1, 0.15) is 0 Å². The summed E-state index contributed by atoms with van der Waals surface area (Å²) in [6.07, 6.45) is 2.79. The van der Waals surface area contributed by atoms with Crippen LogP contribution in [-0.4, -0.2) is 37.7 Å². The van der Waals surface area contributed by atoms with Crippen molar-refractivity contribution in [2.45, 2.75) is 58.2 Å². The molecule has 1 aromatic heterocycles. The average molecular weight is 484 g/mol. The molecular formula is C25H30ClN5OS. The van der Waals surface area contributed by atoms with Crippen LogP contribution < -0.4 is 5.73 Å². The number of likely N-dealkylation sites (tertiary alicyclic amines) is 1. The normalized spacial score (nSPS) is 17.3. The van der Waals surface area contributed by atoms with Crippen LogP contribution in [0.2, 0.25) is 5.02 Å². The summed E-state index contributed by atoms with van der Waals surface area (Å²) in [5.74, 6) is 0.451. The van der Waals surface area contributed by atoms with Crippen molar-refractivity contribution in [2.24, 2.45) is 5.73 Å². The van der Waals surface area contributed by atoms with Gasteiger partial charge >= 0.3 is 0 Å². The van der Waals surface area contributed by atoms with Gasteiger partial charge in [0.25, 0.3) is 0 Å². The summed E-state index contributed by atoms with van der Waals surface area (Å²) in [5, 5.41) is 5.57. The highest BCUT2D eigenvalue weighted by atomic mass is 35.5. The Balaban J connectivity index is 1.79. The SMILES string of the molecule is CC(C)(C)c1ccc(-c2nn(CN3CCCC[C@H]3C(N)=O)c(=S)n2-c2ccc(Cl)cc2)cc1. The summed E-state index contributed by atoms with van der Waals surface area (Å²) in [6.45, 7) is 7.79. The van der Waals surface area contributed by atoms with Gasteiger partial charge in [-0.15, -0.1) is 5.10 Å². The topological polar surface area (TPSA) is 69.1 Å². The van der Waals surface area contributed by atoms with Gasteiger partial charge in [0.2, 0.25) is 10.7 Å². The second-order valence-electron chi connectivity index (χ2n) is 9.61.